The molecule has 0 aromatic rings. The minimum Gasteiger partial charge on any atom is -1.00 e. The molecule has 0 saturated heterocycles. The first-order valence-corrected chi connectivity index (χ1v) is 0. The van der Waals surface area contributed by atoms with Crippen LogP contribution in [-0.4, -0.2) is 78.3 Å². The van der Waals surface area contributed by atoms with Crippen LogP contribution in [0.4, 0.5) is 0 Å². The molecule has 0 amide bonds. The van der Waals surface area contributed by atoms with Gasteiger partial charge in [-0.15, -0.1) is 0 Å². The monoisotopic (exact) mass is 198 g/mol. The summed E-state index contributed by atoms with van der Waals surface area (Å²) in [6.45, 7) is 0. The summed E-state index contributed by atoms with van der Waals surface area (Å²) >= 11 is 0. The van der Waals surface area contributed by atoms with Crippen LogP contribution in [0.2, 0.25) is 0 Å². The van der Waals surface area contributed by atoms with Gasteiger partial charge in [-0.1, -0.05) is 0 Å². The molecule has 0 heterocycles. The number of rotatable bonds is 0. The SMILES string of the molecule is O.O.O.O.O.O.[H-].[H-].[Sr+2]. The van der Waals surface area contributed by atoms with E-state index in [9.17, 15) is 0 Å². The summed E-state index contributed by atoms with van der Waals surface area (Å²) < 4.78 is 0. The summed E-state index contributed by atoms with van der Waals surface area (Å²) in [5.74, 6) is 0. The fourth-order valence-corrected chi connectivity index (χ4v) is 0. The van der Waals surface area contributed by atoms with Gasteiger partial charge in [0.25, 0.3) is 0 Å². The molecular formula is H14O6Sr. The Hall–Kier alpha value is 1.24. The van der Waals surface area contributed by atoms with Crippen molar-refractivity contribution in [3.63, 3.8) is 0 Å². The first kappa shape index (κ1) is 281. The van der Waals surface area contributed by atoms with E-state index in [1.165, 1.54) is 0 Å². The van der Waals surface area contributed by atoms with Crippen molar-refractivity contribution < 1.29 is 35.7 Å². The average Bonchev–Trinajstić information content (AvgIpc) is 0. The Morgan fingerprint density at radius 1 is 0.429 bits per heavy atom. The molecule has 7 heavy (non-hydrogen) atoms. The standard InChI is InChI=1S/6H2O.Sr.2H/h6*1H2;;;/q;;;;;;+2;2*-1. The molecule has 0 aromatic carbocycles. The number of hydrogen-bond donors (Lipinski definition) is 0. The molecule has 7 heteroatoms. The van der Waals surface area contributed by atoms with Crippen molar-refractivity contribution in [2.75, 3.05) is 0 Å². The molecule has 6 nitrogen and oxygen atoms in total. The predicted molar refractivity (Wildman–Crippen MR) is 29.7 cm³/mol. The van der Waals surface area contributed by atoms with Gasteiger partial charge in [0, 0.05) is 0 Å². The van der Waals surface area contributed by atoms with Crippen LogP contribution < -0.4 is 0 Å². The Kier molecular flexibility index (Phi) is 7350. The average molecular weight is 198 g/mol. The zero-order chi connectivity index (χ0) is 0. The third-order valence-corrected chi connectivity index (χ3v) is 0. The Morgan fingerprint density at radius 3 is 0.429 bits per heavy atom. The van der Waals surface area contributed by atoms with Crippen LogP contribution in [0, 0.1) is 0 Å². The van der Waals surface area contributed by atoms with Crippen LogP contribution in [0.5, 0.6) is 0 Å². The molecule has 0 saturated carbocycles. The van der Waals surface area contributed by atoms with Gasteiger partial charge in [-0.05, 0) is 0 Å². The van der Waals surface area contributed by atoms with Crippen LogP contribution in [-0.2, 0) is 0 Å². The smallest absolute Gasteiger partial charge is 1.00 e. The van der Waals surface area contributed by atoms with E-state index < -0.39 is 0 Å². The van der Waals surface area contributed by atoms with Crippen molar-refractivity contribution in [2.24, 2.45) is 0 Å². The van der Waals surface area contributed by atoms with E-state index >= 15 is 0 Å². The van der Waals surface area contributed by atoms with E-state index in [0.29, 0.717) is 0 Å². The van der Waals surface area contributed by atoms with E-state index in [-0.39, 0.29) is 81.2 Å². The predicted octanol–water partition coefficient (Wildman–Crippen LogP) is -5.10. The zero-order valence-corrected chi connectivity index (χ0v) is 7.18. The maximum Gasteiger partial charge on any atom is 2.00 e. The quantitative estimate of drug-likeness (QED) is 0.336. The minimum atomic E-state index is 0. The van der Waals surface area contributed by atoms with E-state index in [4.69, 9.17) is 0 Å². The molecule has 0 rings (SSSR count). The Morgan fingerprint density at radius 2 is 0.429 bits per heavy atom. The molecule has 0 radical (unpaired) electrons. The molecule has 0 unspecified atom stereocenters. The van der Waals surface area contributed by atoms with Crippen LogP contribution in [0.25, 0.3) is 0 Å². The fraction of sp³-hybridized carbons (Fsp3) is 0. The molecule has 0 aliphatic rings. The fourth-order valence-electron chi connectivity index (χ4n) is 0. The van der Waals surface area contributed by atoms with E-state index in [1.54, 1.807) is 0 Å². The third kappa shape index (κ3) is 129. The second-order valence-corrected chi connectivity index (χ2v) is 0. The summed E-state index contributed by atoms with van der Waals surface area (Å²) in [6, 6.07) is 0. The molecular weight excluding hydrogens is 184 g/mol. The van der Waals surface area contributed by atoms with Gasteiger partial charge in [0.15, 0.2) is 0 Å². The minimum absolute atomic E-state index is 0. The molecule has 0 atom stereocenters. The first-order valence-electron chi connectivity index (χ1n) is 0. The topological polar surface area (TPSA) is 189 Å². The Bertz CT molecular complexity index is 11.0. The van der Waals surface area contributed by atoms with Crippen LogP contribution in [0.15, 0.2) is 0 Å². The molecule has 0 aliphatic carbocycles. The molecule has 0 aliphatic heterocycles. The van der Waals surface area contributed by atoms with Gasteiger partial charge in [-0.25, -0.2) is 0 Å². The molecule has 0 fully saturated rings. The zero-order valence-electron chi connectivity index (χ0n) is 5.71. The molecule has 12 N–H and O–H groups in total. The largest absolute Gasteiger partial charge is 2.00 e. The van der Waals surface area contributed by atoms with Gasteiger partial charge >= 0.3 is 45.5 Å². The third-order valence-electron chi connectivity index (χ3n) is 0. The first-order chi connectivity index (χ1) is 0. The Balaban J connectivity index is 0. The maximum atomic E-state index is 0. The summed E-state index contributed by atoms with van der Waals surface area (Å²) in [5.41, 5.74) is 0. The van der Waals surface area contributed by atoms with Crippen molar-refractivity contribution in [1.29, 1.82) is 0 Å². The van der Waals surface area contributed by atoms with Crippen LogP contribution >= 0.6 is 0 Å². The van der Waals surface area contributed by atoms with Gasteiger partial charge in [-0.2, -0.15) is 0 Å². The normalized spacial score (nSPS) is 0. The van der Waals surface area contributed by atoms with E-state index in [1.807, 2.05) is 0 Å². The van der Waals surface area contributed by atoms with Crippen LogP contribution in [0.3, 0.4) is 0 Å². The molecule has 0 aromatic heterocycles. The van der Waals surface area contributed by atoms with Gasteiger partial charge in [0.1, 0.15) is 0 Å². The summed E-state index contributed by atoms with van der Waals surface area (Å²) in [5, 5.41) is 0. The van der Waals surface area contributed by atoms with E-state index in [0.717, 1.165) is 0 Å². The second kappa shape index (κ2) is 183. The van der Waals surface area contributed by atoms with E-state index in [2.05, 4.69) is 0 Å². The number of hydrogen-bond acceptors (Lipinski definition) is 0. The second-order valence-electron chi connectivity index (χ2n) is 0. The van der Waals surface area contributed by atoms with Gasteiger partial charge in [-0.3, -0.25) is 0 Å². The summed E-state index contributed by atoms with van der Waals surface area (Å²) in [7, 11) is 0. The summed E-state index contributed by atoms with van der Waals surface area (Å²) in [4.78, 5) is 0. The van der Waals surface area contributed by atoms with Crippen molar-refractivity contribution >= 4 is 45.5 Å². The molecule has 0 spiro atoms. The summed E-state index contributed by atoms with van der Waals surface area (Å²) in [6.07, 6.45) is 0. The van der Waals surface area contributed by atoms with Gasteiger partial charge < -0.3 is 35.7 Å². The maximum absolute atomic E-state index is 0. The molecule has 0 bridgehead atoms. The Labute approximate surface area is 80.6 Å². The van der Waals surface area contributed by atoms with Crippen molar-refractivity contribution in [2.45, 2.75) is 0 Å². The van der Waals surface area contributed by atoms with Gasteiger partial charge in [0.05, 0.1) is 0 Å². The van der Waals surface area contributed by atoms with Gasteiger partial charge in [0.2, 0.25) is 0 Å². The molecule has 52 valence electrons. The van der Waals surface area contributed by atoms with Crippen molar-refractivity contribution in [3.8, 4) is 0 Å². The van der Waals surface area contributed by atoms with Crippen LogP contribution in [0.1, 0.15) is 2.85 Å². The van der Waals surface area contributed by atoms with Crippen molar-refractivity contribution in [3.05, 3.63) is 0 Å². The van der Waals surface area contributed by atoms with Crippen molar-refractivity contribution in [1.82, 2.24) is 0 Å².